The molecule has 0 amide bonds. The number of hydrogen-bond donors (Lipinski definition) is 2. The van der Waals surface area contributed by atoms with Gasteiger partial charge in [0.25, 0.3) is 0 Å². The third-order valence-corrected chi connectivity index (χ3v) is 2.20. The average Bonchev–Trinajstić information content (AvgIpc) is 2.65. The Morgan fingerprint density at radius 3 is 2.87 bits per heavy atom. The highest BCUT2D eigenvalue weighted by molar-refractivity contribution is 5.36. The molecule has 4 nitrogen and oxygen atoms in total. The van der Waals surface area contributed by atoms with E-state index in [1.807, 2.05) is 24.3 Å². The van der Waals surface area contributed by atoms with Crippen molar-refractivity contribution < 1.29 is 4.74 Å². The Labute approximate surface area is 88.1 Å². The highest BCUT2D eigenvalue weighted by Crippen LogP contribution is 2.19. The largest absolute Gasteiger partial charge is 0.496 e. The van der Waals surface area contributed by atoms with Crippen LogP contribution in [0.3, 0.4) is 0 Å². The number of rotatable bonds is 3. The third kappa shape index (κ3) is 2.10. The van der Waals surface area contributed by atoms with E-state index in [0.29, 0.717) is 12.2 Å². The number of benzene rings is 1. The van der Waals surface area contributed by atoms with Gasteiger partial charge in [-0.1, -0.05) is 18.2 Å². The number of nitrogens with one attached hydrogen (secondary N) is 1. The van der Waals surface area contributed by atoms with E-state index in [9.17, 15) is 0 Å². The Kier molecular flexibility index (Phi) is 2.58. The molecule has 1 aromatic heterocycles. The highest BCUT2D eigenvalue weighted by Gasteiger charge is 2.04. The summed E-state index contributed by atoms with van der Waals surface area (Å²) in [7, 11) is 1.66. The van der Waals surface area contributed by atoms with Crippen molar-refractivity contribution in [3.8, 4) is 5.75 Å². The van der Waals surface area contributed by atoms with Gasteiger partial charge in [-0.05, 0) is 6.07 Å². The van der Waals surface area contributed by atoms with Gasteiger partial charge in [-0.15, -0.1) is 0 Å². The first-order valence-corrected chi connectivity index (χ1v) is 4.71. The number of ether oxygens (including phenoxy) is 1. The first-order valence-electron chi connectivity index (χ1n) is 4.71. The fraction of sp³-hybridized carbons (Fsp3) is 0.182. The zero-order chi connectivity index (χ0) is 10.7. The maximum Gasteiger partial charge on any atom is 0.122 e. The minimum Gasteiger partial charge on any atom is -0.496 e. The summed E-state index contributed by atoms with van der Waals surface area (Å²) in [6, 6.07) is 7.86. The molecule has 0 fully saturated rings. The van der Waals surface area contributed by atoms with Crippen molar-refractivity contribution in [1.82, 2.24) is 9.97 Å². The lowest BCUT2D eigenvalue weighted by molar-refractivity contribution is 0.410. The summed E-state index contributed by atoms with van der Waals surface area (Å²) >= 11 is 0. The molecule has 3 N–H and O–H groups in total. The van der Waals surface area contributed by atoms with Gasteiger partial charge in [-0.3, -0.25) is 0 Å². The summed E-state index contributed by atoms with van der Waals surface area (Å²) in [5.74, 6) is 2.30. The van der Waals surface area contributed by atoms with Crippen LogP contribution in [0.1, 0.15) is 11.4 Å². The van der Waals surface area contributed by atoms with Crippen molar-refractivity contribution in [2.75, 3.05) is 12.8 Å². The topological polar surface area (TPSA) is 63.9 Å². The Bertz CT molecular complexity index is 451. The molecular formula is C11H13N3O. The van der Waals surface area contributed by atoms with E-state index < -0.39 is 0 Å². The summed E-state index contributed by atoms with van der Waals surface area (Å²) in [6.45, 7) is 0. The summed E-state index contributed by atoms with van der Waals surface area (Å²) in [6.07, 6.45) is 2.31. The van der Waals surface area contributed by atoms with Gasteiger partial charge < -0.3 is 15.5 Å². The van der Waals surface area contributed by atoms with Crippen LogP contribution in [-0.4, -0.2) is 17.1 Å². The van der Waals surface area contributed by atoms with E-state index in [4.69, 9.17) is 10.5 Å². The predicted octanol–water partition coefficient (Wildman–Crippen LogP) is 1.59. The van der Waals surface area contributed by atoms with Gasteiger partial charge in [0.15, 0.2) is 0 Å². The van der Waals surface area contributed by atoms with E-state index in [2.05, 4.69) is 9.97 Å². The Morgan fingerprint density at radius 1 is 1.40 bits per heavy atom. The SMILES string of the molecule is COc1ccccc1Cc1ncc(N)[nH]1. The van der Waals surface area contributed by atoms with Crippen LogP contribution in [0.25, 0.3) is 0 Å². The van der Waals surface area contributed by atoms with Crippen LogP contribution in [-0.2, 0) is 6.42 Å². The molecule has 2 aromatic rings. The number of imidazole rings is 1. The maximum absolute atomic E-state index is 5.55. The molecule has 15 heavy (non-hydrogen) atoms. The van der Waals surface area contributed by atoms with Crippen molar-refractivity contribution in [2.45, 2.75) is 6.42 Å². The number of nitrogen functional groups attached to an aromatic ring is 1. The van der Waals surface area contributed by atoms with Crippen LogP contribution >= 0.6 is 0 Å². The number of aromatic amines is 1. The minimum atomic E-state index is 0.583. The van der Waals surface area contributed by atoms with Gasteiger partial charge in [-0.25, -0.2) is 4.98 Å². The molecule has 0 saturated carbocycles. The van der Waals surface area contributed by atoms with Gasteiger partial charge in [0.2, 0.25) is 0 Å². The van der Waals surface area contributed by atoms with Crippen molar-refractivity contribution in [3.63, 3.8) is 0 Å². The fourth-order valence-corrected chi connectivity index (χ4v) is 1.50. The standard InChI is InChI=1S/C11H13N3O/c1-15-9-5-3-2-4-8(9)6-11-13-7-10(12)14-11/h2-5,7H,6,12H2,1H3,(H,13,14). The zero-order valence-electron chi connectivity index (χ0n) is 8.53. The van der Waals surface area contributed by atoms with Gasteiger partial charge in [-0.2, -0.15) is 0 Å². The van der Waals surface area contributed by atoms with Gasteiger partial charge >= 0.3 is 0 Å². The first kappa shape index (κ1) is 9.58. The summed E-state index contributed by atoms with van der Waals surface area (Å²) in [5, 5.41) is 0. The van der Waals surface area contributed by atoms with Gasteiger partial charge in [0, 0.05) is 12.0 Å². The number of nitrogens with zero attached hydrogens (tertiary/aromatic N) is 1. The van der Waals surface area contributed by atoms with Crippen LogP contribution in [0.5, 0.6) is 5.75 Å². The number of aromatic nitrogens is 2. The fourth-order valence-electron chi connectivity index (χ4n) is 1.50. The van der Waals surface area contributed by atoms with E-state index >= 15 is 0 Å². The average molecular weight is 203 g/mol. The van der Waals surface area contributed by atoms with Crippen molar-refractivity contribution in [1.29, 1.82) is 0 Å². The number of para-hydroxylation sites is 1. The molecule has 1 aromatic carbocycles. The molecule has 78 valence electrons. The Morgan fingerprint density at radius 2 is 2.20 bits per heavy atom. The lowest BCUT2D eigenvalue weighted by Gasteiger charge is -2.05. The quantitative estimate of drug-likeness (QED) is 0.796. The normalized spacial score (nSPS) is 10.2. The molecule has 0 bridgehead atoms. The van der Waals surface area contributed by atoms with Crippen molar-refractivity contribution in [2.24, 2.45) is 0 Å². The summed E-state index contributed by atoms with van der Waals surface area (Å²) in [4.78, 5) is 7.14. The van der Waals surface area contributed by atoms with Crippen molar-refractivity contribution in [3.05, 3.63) is 41.9 Å². The second-order valence-corrected chi connectivity index (χ2v) is 3.27. The Hall–Kier alpha value is -1.97. The zero-order valence-corrected chi connectivity index (χ0v) is 8.53. The molecule has 4 heteroatoms. The van der Waals surface area contributed by atoms with Crippen LogP contribution in [0.15, 0.2) is 30.5 Å². The monoisotopic (exact) mass is 203 g/mol. The summed E-state index contributed by atoms with van der Waals surface area (Å²) in [5.41, 5.74) is 6.65. The molecule has 0 spiro atoms. The first-order chi connectivity index (χ1) is 7.29. The molecule has 2 rings (SSSR count). The molecule has 0 unspecified atom stereocenters. The van der Waals surface area contributed by atoms with E-state index in [0.717, 1.165) is 17.1 Å². The number of anilines is 1. The van der Waals surface area contributed by atoms with E-state index in [1.54, 1.807) is 13.3 Å². The number of hydrogen-bond acceptors (Lipinski definition) is 3. The lowest BCUT2D eigenvalue weighted by Crippen LogP contribution is -1.95. The molecule has 0 radical (unpaired) electrons. The molecule has 0 aliphatic carbocycles. The van der Waals surface area contributed by atoms with Crippen LogP contribution in [0.2, 0.25) is 0 Å². The number of H-pyrrole nitrogens is 1. The van der Waals surface area contributed by atoms with Gasteiger partial charge in [0.1, 0.15) is 17.4 Å². The molecule has 0 aliphatic heterocycles. The lowest BCUT2D eigenvalue weighted by atomic mass is 10.1. The molecular weight excluding hydrogens is 190 g/mol. The number of nitrogens with two attached hydrogens (primary N) is 1. The van der Waals surface area contributed by atoms with E-state index in [-0.39, 0.29) is 0 Å². The molecule has 0 saturated heterocycles. The van der Waals surface area contributed by atoms with Crippen LogP contribution in [0, 0.1) is 0 Å². The molecule has 0 atom stereocenters. The van der Waals surface area contributed by atoms with E-state index in [1.165, 1.54) is 0 Å². The summed E-state index contributed by atoms with van der Waals surface area (Å²) < 4.78 is 5.25. The number of methoxy groups -OCH3 is 1. The smallest absolute Gasteiger partial charge is 0.122 e. The molecule has 0 aliphatic rings. The predicted molar refractivity (Wildman–Crippen MR) is 58.8 cm³/mol. The second-order valence-electron chi connectivity index (χ2n) is 3.27. The van der Waals surface area contributed by atoms with Crippen molar-refractivity contribution >= 4 is 5.82 Å². The maximum atomic E-state index is 5.55. The Balaban J connectivity index is 2.23. The van der Waals surface area contributed by atoms with Crippen LogP contribution < -0.4 is 10.5 Å². The molecule has 1 heterocycles. The minimum absolute atomic E-state index is 0.583. The third-order valence-electron chi connectivity index (χ3n) is 2.20. The van der Waals surface area contributed by atoms with Crippen LogP contribution in [0.4, 0.5) is 5.82 Å². The highest BCUT2D eigenvalue weighted by atomic mass is 16.5. The second kappa shape index (κ2) is 4.04. The van der Waals surface area contributed by atoms with Gasteiger partial charge in [0.05, 0.1) is 13.3 Å².